The molecule has 0 heterocycles. The fourth-order valence-corrected chi connectivity index (χ4v) is 7.98. The molecule has 0 fully saturated rings. The van der Waals surface area contributed by atoms with E-state index in [1.165, 1.54) is 20.8 Å². The van der Waals surface area contributed by atoms with E-state index in [0.717, 1.165) is 22.3 Å². The van der Waals surface area contributed by atoms with Crippen LogP contribution in [0, 0.1) is 0 Å². The Morgan fingerprint density at radius 1 is 0.692 bits per heavy atom. The third-order valence-electron chi connectivity index (χ3n) is 4.05. The van der Waals surface area contributed by atoms with E-state index in [1.54, 1.807) is 0 Å². The van der Waals surface area contributed by atoms with Gasteiger partial charge >= 0.3 is 156 Å². The molecule has 0 aliphatic heterocycles. The van der Waals surface area contributed by atoms with Crippen LogP contribution in [0.3, 0.4) is 0 Å². The van der Waals surface area contributed by atoms with E-state index in [-0.39, 0.29) is 0 Å². The first kappa shape index (κ1) is 18.4. The summed E-state index contributed by atoms with van der Waals surface area (Å²) in [7, 11) is 0. The normalized spacial score (nSPS) is 12.7. The number of carbonyl (C=O) groups excluding carboxylic acids is 3. The zero-order valence-electron chi connectivity index (χ0n) is 14.6. The Kier molecular flexibility index (Phi) is 4.98. The van der Waals surface area contributed by atoms with Crippen molar-refractivity contribution in [3.05, 3.63) is 59.7 Å². The zero-order chi connectivity index (χ0) is 18.9. The van der Waals surface area contributed by atoms with Crippen molar-refractivity contribution < 1.29 is 42.1 Å². The Balaban J connectivity index is 2.27. The van der Waals surface area contributed by atoms with Crippen LogP contribution in [0.4, 0.5) is 0 Å². The molecular weight excluding hydrogens is 372 g/mol. The number of rotatable bonds is 4. The minimum absolute atomic E-state index is 0.612. The standard InChI is InChI=1S/C13H9.3C2H4O2.Ti/c1-3-7-12-10(5-1)9-11-6-2-4-8-13(11)12;3*1-2(3)4;/h1-9H;3*1H3,(H,3,4);/q;;;;+3/p-3. The third kappa shape index (κ3) is 3.30. The number of hydrogen-bond acceptors (Lipinski definition) is 6. The number of hydrogen-bond donors (Lipinski definition) is 0. The molecule has 0 bridgehead atoms. The Morgan fingerprint density at radius 2 is 1.04 bits per heavy atom. The second-order valence-corrected chi connectivity index (χ2v) is 9.73. The molecule has 134 valence electrons. The molecule has 2 aromatic rings. The van der Waals surface area contributed by atoms with Crippen LogP contribution in [0.15, 0.2) is 48.5 Å². The summed E-state index contributed by atoms with van der Waals surface area (Å²) in [4.78, 5) is 35.5. The molecule has 6 nitrogen and oxygen atoms in total. The van der Waals surface area contributed by atoms with Crippen LogP contribution in [-0.2, 0) is 42.1 Å². The van der Waals surface area contributed by atoms with Crippen molar-refractivity contribution in [2.24, 2.45) is 0 Å². The van der Waals surface area contributed by atoms with Crippen LogP contribution in [0.1, 0.15) is 36.1 Å². The number of benzene rings is 2. The summed E-state index contributed by atoms with van der Waals surface area (Å²) in [6, 6.07) is 15.1. The molecule has 0 radical (unpaired) electrons. The van der Waals surface area contributed by atoms with Gasteiger partial charge in [-0.1, -0.05) is 0 Å². The average Bonchev–Trinajstić information content (AvgIpc) is 2.87. The third-order valence-corrected chi connectivity index (χ3v) is 8.80. The molecule has 0 saturated carbocycles. The van der Waals surface area contributed by atoms with E-state index in [2.05, 4.69) is 0 Å². The van der Waals surface area contributed by atoms with Gasteiger partial charge in [-0.25, -0.2) is 0 Å². The number of fused-ring (bicyclic) bond motifs is 3. The van der Waals surface area contributed by atoms with Crippen LogP contribution in [-0.4, -0.2) is 17.9 Å². The summed E-state index contributed by atoms with van der Waals surface area (Å²) in [6.07, 6.45) is 0. The molecule has 3 rings (SSSR count). The first-order valence-corrected chi connectivity index (χ1v) is 10.9. The van der Waals surface area contributed by atoms with Crippen molar-refractivity contribution in [1.29, 1.82) is 0 Å². The van der Waals surface area contributed by atoms with Gasteiger partial charge in [0, 0.05) is 0 Å². The van der Waals surface area contributed by atoms with Gasteiger partial charge in [-0.2, -0.15) is 0 Å². The minimum atomic E-state index is -4.76. The second kappa shape index (κ2) is 7.06. The van der Waals surface area contributed by atoms with Crippen molar-refractivity contribution in [3.63, 3.8) is 0 Å². The predicted octanol–water partition coefficient (Wildman–Crippen LogP) is 3.34. The summed E-state index contributed by atoms with van der Waals surface area (Å²) >= 11 is -4.76. The van der Waals surface area contributed by atoms with Gasteiger partial charge in [-0.05, 0) is 0 Å². The molecule has 0 spiro atoms. The second-order valence-electron chi connectivity index (χ2n) is 5.99. The summed E-state index contributed by atoms with van der Waals surface area (Å²) < 4.78 is 15.9. The van der Waals surface area contributed by atoms with Crippen LogP contribution in [0.2, 0.25) is 0 Å². The van der Waals surface area contributed by atoms with Crippen LogP contribution in [0.5, 0.6) is 0 Å². The Hall–Kier alpha value is -2.44. The van der Waals surface area contributed by atoms with E-state index in [4.69, 9.17) is 9.96 Å². The van der Waals surface area contributed by atoms with E-state index in [1.807, 2.05) is 48.5 Å². The quantitative estimate of drug-likeness (QED) is 0.746. The van der Waals surface area contributed by atoms with Gasteiger partial charge in [0.05, 0.1) is 0 Å². The molecule has 0 saturated heterocycles. The molecule has 0 aromatic heterocycles. The van der Waals surface area contributed by atoms with Crippen molar-refractivity contribution in [3.8, 4) is 11.1 Å². The van der Waals surface area contributed by atoms with E-state index in [9.17, 15) is 14.4 Å². The maximum absolute atomic E-state index is 11.8. The molecule has 0 amide bonds. The van der Waals surface area contributed by atoms with Gasteiger partial charge in [-0.3, -0.25) is 0 Å². The van der Waals surface area contributed by atoms with E-state index < -0.39 is 39.9 Å². The van der Waals surface area contributed by atoms with Gasteiger partial charge in [-0.15, -0.1) is 0 Å². The van der Waals surface area contributed by atoms with Crippen LogP contribution in [0.25, 0.3) is 11.1 Å². The van der Waals surface area contributed by atoms with Gasteiger partial charge in [0.25, 0.3) is 0 Å². The maximum atomic E-state index is 11.8. The van der Waals surface area contributed by atoms with Crippen LogP contribution < -0.4 is 0 Å². The summed E-state index contributed by atoms with van der Waals surface area (Å²) in [5.74, 6) is -1.97. The van der Waals surface area contributed by atoms with Crippen molar-refractivity contribution in [2.45, 2.75) is 25.0 Å². The average molecular weight is 390 g/mol. The summed E-state index contributed by atoms with van der Waals surface area (Å²) in [5, 5.41) is 0. The topological polar surface area (TPSA) is 78.9 Å². The molecular formula is C19H18O6Ti. The number of carbonyl (C=O) groups is 3. The van der Waals surface area contributed by atoms with E-state index in [0.29, 0.717) is 0 Å². The SMILES string of the molecule is CC(=O)[O][Ti]([O]C(C)=O)([O]C(C)=O)[CH]1c2ccccc2-c2ccccc21. The molecule has 7 heteroatoms. The summed E-state index contributed by atoms with van der Waals surface area (Å²) in [6.45, 7) is 3.62. The Morgan fingerprint density at radius 3 is 1.38 bits per heavy atom. The summed E-state index contributed by atoms with van der Waals surface area (Å²) in [5.41, 5.74) is 3.51. The first-order chi connectivity index (χ1) is 12.3. The molecule has 26 heavy (non-hydrogen) atoms. The molecule has 1 aliphatic carbocycles. The first-order valence-electron chi connectivity index (χ1n) is 8.11. The molecule has 0 atom stereocenters. The molecule has 1 aliphatic rings. The predicted molar refractivity (Wildman–Crippen MR) is 89.0 cm³/mol. The Bertz CT molecular complexity index is 805. The van der Waals surface area contributed by atoms with Gasteiger partial charge in [0.2, 0.25) is 0 Å². The molecule has 0 unspecified atom stereocenters. The zero-order valence-corrected chi connectivity index (χ0v) is 16.2. The molecule has 2 aromatic carbocycles. The molecule has 0 N–H and O–H groups in total. The van der Waals surface area contributed by atoms with Crippen LogP contribution >= 0.6 is 0 Å². The van der Waals surface area contributed by atoms with Gasteiger partial charge in [0.15, 0.2) is 0 Å². The monoisotopic (exact) mass is 390 g/mol. The van der Waals surface area contributed by atoms with Gasteiger partial charge < -0.3 is 0 Å². The van der Waals surface area contributed by atoms with Crippen molar-refractivity contribution in [1.82, 2.24) is 0 Å². The fourth-order valence-electron chi connectivity index (χ4n) is 3.38. The van der Waals surface area contributed by atoms with Crippen molar-refractivity contribution in [2.75, 3.05) is 0 Å². The van der Waals surface area contributed by atoms with Gasteiger partial charge in [0.1, 0.15) is 0 Å². The van der Waals surface area contributed by atoms with E-state index >= 15 is 0 Å². The van der Waals surface area contributed by atoms with Crippen molar-refractivity contribution >= 4 is 17.9 Å². The fraction of sp³-hybridized carbons (Fsp3) is 0.211. The Labute approximate surface area is 155 Å².